The van der Waals surface area contributed by atoms with Crippen molar-refractivity contribution in [3.63, 3.8) is 0 Å². The lowest BCUT2D eigenvalue weighted by Gasteiger charge is -2.37. The third-order valence-corrected chi connectivity index (χ3v) is 4.51. The van der Waals surface area contributed by atoms with Gasteiger partial charge in [0.15, 0.2) is 0 Å². The van der Waals surface area contributed by atoms with E-state index in [4.69, 9.17) is 23.8 Å². The van der Waals surface area contributed by atoms with Crippen LogP contribution in [0.4, 0.5) is 11.4 Å². The number of hydrogen-bond donors (Lipinski definition) is 2. The fourth-order valence-electron chi connectivity index (χ4n) is 2.77. The number of nitrogens with zero attached hydrogens (tertiary/aromatic N) is 1. The second-order valence-electron chi connectivity index (χ2n) is 7.48. The van der Waals surface area contributed by atoms with Crippen LogP contribution in [0.15, 0.2) is 18.2 Å². The third kappa shape index (κ3) is 4.67. The molecule has 5 nitrogen and oxygen atoms in total. The number of rotatable bonds is 6. The summed E-state index contributed by atoms with van der Waals surface area (Å²) in [4.78, 5) is 25.6. The van der Waals surface area contributed by atoms with E-state index in [0.717, 1.165) is 12.2 Å². The fraction of sp³-hybridized carbons (Fsp3) is 0.474. The summed E-state index contributed by atoms with van der Waals surface area (Å²) < 4.78 is 0. The van der Waals surface area contributed by atoms with Crippen molar-refractivity contribution in [2.24, 2.45) is 17.1 Å². The summed E-state index contributed by atoms with van der Waals surface area (Å²) in [6.45, 7) is 6.35. The molecule has 25 heavy (non-hydrogen) atoms. The van der Waals surface area contributed by atoms with Gasteiger partial charge in [0.2, 0.25) is 5.91 Å². The van der Waals surface area contributed by atoms with Crippen molar-refractivity contribution < 1.29 is 9.59 Å². The first-order chi connectivity index (χ1) is 11.6. The van der Waals surface area contributed by atoms with Crippen molar-refractivity contribution in [1.82, 2.24) is 0 Å². The minimum absolute atomic E-state index is 0.448. The first-order valence-corrected chi connectivity index (χ1v) is 8.65. The highest BCUT2D eigenvalue weighted by Crippen LogP contribution is 2.34. The number of carbonyl (C=O) groups excluding carboxylic acids is 2. The number of anilines is 2. The SMILES string of the molecule is C#CC(=O)N(c1ccc(NCC2CC2)c(Cl)c1)C(C(N)=O)C(C)(C)C. The third-order valence-electron chi connectivity index (χ3n) is 4.20. The molecular weight excluding hydrogens is 338 g/mol. The van der Waals surface area contributed by atoms with Crippen LogP contribution in [0.25, 0.3) is 0 Å². The van der Waals surface area contributed by atoms with E-state index in [-0.39, 0.29) is 0 Å². The van der Waals surface area contributed by atoms with Gasteiger partial charge in [0.05, 0.1) is 10.7 Å². The molecule has 0 aliphatic heterocycles. The van der Waals surface area contributed by atoms with Gasteiger partial charge in [-0.15, -0.1) is 6.42 Å². The van der Waals surface area contributed by atoms with Crippen molar-refractivity contribution in [3.8, 4) is 12.3 Å². The quantitative estimate of drug-likeness (QED) is 0.765. The minimum Gasteiger partial charge on any atom is -0.384 e. The predicted octanol–water partition coefficient (Wildman–Crippen LogP) is 3.03. The summed E-state index contributed by atoms with van der Waals surface area (Å²) >= 11 is 6.36. The molecule has 2 amide bonds. The van der Waals surface area contributed by atoms with Crippen LogP contribution < -0.4 is 16.0 Å². The molecule has 0 radical (unpaired) electrons. The molecular formula is C19H24ClN3O2. The highest BCUT2D eigenvalue weighted by molar-refractivity contribution is 6.33. The van der Waals surface area contributed by atoms with Gasteiger partial charge in [0, 0.05) is 12.2 Å². The Bertz CT molecular complexity index is 714. The van der Waals surface area contributed by atoms with E-state index in [1.54, 1.807) is 18.2 Å². The summed E-state index contributed by atoms with van der Waals surface area (Å²) in [6, 6.07) is 4.25. The standard InChI is InChI=1S/C19H24ClN3O2/c1-5-16(24)23(17(18(21)25)19(2,3)4)13-8-9-15(14(20)10-13)22-11-12-6-7-12/h1,8-10,12,17,22H,6-7,11H2,2-4H3,(H2,21,25). The molecule has 0 bridgehead atoms. The first kappa shape index (κ1) is 19.1. The van der Waals surface area contributed by atoms with Crippen LogP contribution in [0.5, 0.6) is 0 Å². The molecule has 1 aliphatic carbocycles. The number of nitrogens with two attached hydrogens (primary N) is 1. The second-order valence-corrected chi connectivity index (χ2v) is 7.89. The topological polar surface area (TPSA) is 75.4 Å². The first-order valence-electron chi connectivity index (χ1n) is 8.27. The van der Waals surface area contributed by atoms with Gasteiger partial charge < -0.3 is 11.1 Å². The van der Waals surface area contributed by atoms with Gasteiger partial charge in [-0.2, -0.15) is 0 Å². The summed E-state index contributed by atoms with van der Waals surface area (Å²) in [7, 11) is 0. The smallest absolute Gasteiger partial charge is 0.303 e. The molecule has 0 heterocycles. The molecule has 1 atom stereocenters. The molecule has 0 aromatic heterocycles. The number of benzene rings is 1. The molecule has 0 saturated heterocycles. The molecule has 1 saturated carbocycles. The summed E-state index contributed by atoms with van der Waals surface area (Å²) in [5, 5.41) is 3.76. The maximum atomic E-state index is 12.3. The van der Waals surface area contributed by atoms with E-state index in [9.17, 15) is 9.59 Å². The van der Waals surface area contributed by atoms with Gasteiger partial charge in [-0.25, -0.2) is 0 Å². The summed E-state index contributed by atoms with van der Waals surface area (Å²) in [6.07, 6.45) is 7.78. The van der Waals surface area contributed by atoms with E-state index >= 15 is 0 Å². The van der Waals surface area contributed by atoms with Crippen LogP contribution in [0, 0.1) is 23.7 Å². The van der Waals surface area contributed by atoms with E-state index in [1.165, 1.54) is 17.7 Å². The van der Waals surface area contributed by atoms with Gasteiger partial charge in [-0.05, 0) is 48.3 Å². The molecule has 0 spiro atoms. The number of halogens is 1. The Morgan fingerprint density at radius 1 is 1.44 bits per heavy atom. The van der Waals surface area contributed by atoms with Crippen molar-refractivity contribution in [1.29, 1.82) is 0 Å². The van der Waals surface area contributed by atoms with E-state index in [2.05, 4.69) is 11.2 Å². The average molecular weight is 362 g/mol. The normalized spacial score (nSPS) is 15.2. The number of nitrogens with one attached hydrogen (secondary N) is 1. The molecule has 1 unspecified atom stereocenters. The van der Waals surface area contributed by atoms with Crippen molar-refractivity contribution in [2.45, 2.75) is 39.7 Å². The Morgan fingerprint density at radius 3 is 2.52 bits per heavy atom. The molecule has 1 aromatic carbocycles. The van der Waals surface area contributed by atoms with Crippen LogP contribution in [-0.4, -0.2) is 24.4 Å². The molecule has 1 aromatic rings. The minimum atomic E-state index is -0.891. The largest absolute Gasteiger partial charge is 0.384 e. The van der Waals surface area contributed by atoms with E-state index < -0.39 is 23.3 Å². The highest BCUT2D eigenvalue weighted by Gasteiger charge is 2.38. The Balaban J connectivity index is 2.37. The lowest BCUT2D eigenvalue weighted by atomic mass is 9.84. The van der Waals surface area contributed by atoms with Gasteiger partial charge in [0.1, 0.15) is 6.04 Å². The van der Waals surface area contributed by atoms with Crippen LogP contribution in [0.2, 0.25) is 5.02 Å². The molecule has 1 aliphatic rings. The summed E-state index contributed by atoms with van der Waals surface area (Å²) in [5.41, 5.74) is 6.21. The number of amides is 2. The Hall–Kier alpha value is -2.19. The van der Waals surface area contributed by atoms with Crippen LogP contribution in [0.1, 0.15) is 33.6 Å². The maximum Gasteiger partial charge on any atom is 0.303 e. The van der Waals surface area contributed by atoms with Gasteiger partial charge in [-0.3, -0.25) is 14.5 Å². The zero-order chi connectivity index (χ0) is 18.8. The monoisotopic (exact) mass is 361 g/mol. The molecule has 2 rings (SSSR count). The van der Waals surface area contributed by atoms with Gasteiger partial charge in [0.25, 0.3) is 0 Å². The average Bonchev–Trinajstić information content (AvgIpc) is 3.33. The van der Waals surface area contributed by atoms with Crippen LogP contribution in [-0.2, 0) is 9.59 Å². The zero-order valence-corrected chi connectivity index (χ0v) is 15.6. The summed E-state index contributed by atoms with van der Waals surface area (Å²) in [5.74, 6) is 1.52. The van der Waals surface area contributed by atoms with Gasteiger partial charge in [-0.1, -0.05) is 32.4 Å². The number of hydrogen-bond acceptors (Lipinski definition) is 3. The number of terminal acetylenes is 1. The lowest BCUT2D eigenvalue weighted by Crippen LogP contribution is -2.54. The Morgan fingerprint density at radius 2 is 2.08 bits per heavy atom. The van der Waals surface area contributed by atoms with Crippen molar-refractivity contribution >= 4 is 34.8 Å². The Kier molecular flexibility index (Phi) is 5.64. The molecule has 6 heteroatoms. The van der Waals surface area contributed by atoms with Crippen LogP contribution in [0.3, 0.4) is 0 Å². The zero-order valence-electron chi connectivity index (χ0n) is 14.8. The molecule has 3 N–H and O–H groups in total. The van der Waals surface area contributed by atoms with Crippen molar-refractivity contribution in [3.05, 3.63) is 23.2 Å². The highest BCUT2D eigenvalue weighted by atomic mass is 35.5. The predicted molar refractivity (Wildman–Crippen MR) is 101 cm³/mol. The maximum absolute atomic E-state index is 12.3. The number of carbonyl (C=O) groups is 2. The van der Waals surface area contributed by atoms with E-state index in [1.807, 2.05) is 20.8 Å². The van der Waals surface area contributed by atoms with Crippen LogP contribution >= 0.6 is 11.6 Å². The lowest BCUT2D eigenvalue weighted by molar-refractivity contribution is -0.124. The van der Waals surface area contributed by atoms with Gasteiger partial charge >= 0.3 is 5.91 Å². The Labute approximate surface area is 153 Å². The second kappa shape index (κ2) is 7.37. The molecule has 1 fully saturated rings. The van der Waals surface area contributed by atoms with E-state index in [0.29, 0.717) is 16.6 Å². The fourth-order valence-corrected chi connectivity index (χ4v) is 3.01. The number of primary amides is 1. The van der Waals surface area contributed by atoms with Crippen molar-refractivity contribution in [2.75, 3.05) is 16.8 Å². The molecule has 134 valence electrons.